The Balaban J connectivity index is 2.28. The molecule has 18 heavy (non-hydrogen) atoms. The monoisotopic (exact) mass is 267 g/mol. The SMILES string of the molecule is Cc1cc(C(=O)N2CCC(C)C2CCl)c(C)nn1. The number of likely N-dealkylation sites (tertiary alicyclic amines) is 1. The minimum atomic E-state index is 0.0282. The van der Waals surface area contributed by atoms with Gasteiger partial charge in [0.15, 0.2) is 0 Å². The van der Waals surface area contributed by atoms with Crippen LogP contribution in [-0.4, -0.2) is 39.5 Å². The van der Waals surface area contributed by atoms with Gasteiger partial charge in [0.2, 0.25) is 0 Å². The molecule has 0 bridgehead atoms. The third-order valence-electron chi connectivity index (χ3n) is 3.63. The fourth-order valence-corrected chi connectivity index (χ4v) is 2.89. The molecular formula is C13H18ClN3O. The molecule has 2 unspecified atom stereocenters. The maximum atomic E-state index is 12.5. The molecule has 5 heteroatoms. The van der Waals surface area contributed by atoms with Crippen LogP contribution in [0.3, 0.4) is 0 Å². The van der Waals surface area contributed by atoms with E-state index in [4.69, 9.17) is 11.6 Å². The highest BCUT2D eigenvalue weighted by Gasteiger charge is 2.34. The minimum Gasteiger partial charge on any atom is -0.334 e. The van der Waals surface area contributed by atoms with Gasteiger partial charge < -0.3 is 4.90 Å². The molecule has 1 saturated heterocycles. The Morgan fingerprint density at radius 2 is 2.22 bits per heavy atom. The highest BCUT2D eigenvalue weighted by atomic mass is 35.5. The van der Waals surface area contributed by atoms with E-state index in [0.717, 1.165) is 18.7 Å². The van der Waals surface area contributed by atoms with E-state index in [2.05, 4.69) is 17.1 Å². The van der Waals surface area contributed by atoms with E-state index in [9.17, 15) is 4.79 Å². The van der Waals surface area contributed by atoms with Gasteiger partial charge in [0, 0.05) is 18.5 Å². The van der Waals surface area contributed by atoms with Gasteiger partial charge in [0.1, 0.15) is 0 Å². The fraction of sp³-hybridized carbons (Fsp3) is 0.615. The van der Waals surface area contributed by atoms with Crippen molar-refractivity contribution in [2.24, 2.45) is 5.92 Å². The molecule has 0 spiro atoms. The molecule has 4 nitrogen and oxygen atoms in total. The molecule has 2 atom stereocenters. The quantitative estimate of drug-likeness (QED) is 0.772. The normalized spacial score (nSPS) is 23.4. The number of aryl methyl sites for hydroxylation is 2. The Morgan fingerprint density at radius 3 is 2.89 bits per heavy atom. The number of rotatable bonds is 2. The van der Waals surface area contributed by atoms with Crippen LogP contribution in [-0.2, 0) is 0 Å². The maximum Gasteiger partial charge on any atom is 0.256 e. The lowest BCUT2D eigenvalue weighted by Crippen LogP contribution is -2.39. The zero-order valence-corrected chi connectivity index (χ0v) is 11.7. The first kappa shape index (κ1) is 13.3. The summed E-state index contributed by atoms with van der Waals surface area (Å²) in [5, 5.41) is 7.97. The van der Waals surface area contributed by atoms with E-state index in [1.54, 1.807) is 6.07 Å². The smallest absolute Gasteiger partial charge is 0.256 e. The van der Waals surface area contributed by atoms with E-state index >= 15 is 0 Å². The first-order valence-electron chi connectivity index (χ1n) is 6.22. The van der Waals surface area contributed by atoms with Gasteiger partial charge >= 0.3 is 0 Å². The van der Waals surface area contributed by atoms with Crippen LogP contribution >= 0.6 is 11.6 Å². The molecule has 2 rings (SSSR count). The van der Waals surface area contributed by atoms with Crippen LogP contribution in [0.15, 0.2) is 6.07 Å². The van der Waals surface area contributed by atoms with Gasteiger partial charge in [-0.05, 0) is 32.3 Å². The van der Waals surface area contributed by atoms with Crippen molar-refractivity contribution in [3.8, 4) is 0 Å². The lowest BCUT2D eigenvalue weighted by atomic mass is 10.0. The molecule has 0 radical (unpaired) electrons. The number of hydrogen-bond donors (Lipinski definition) is 0. The number of nitrogens with zero attached hydrogens (tertiary/aromatic N) is 3. The Labute approximate surface area is 112 Å². The summed E-state index contributed by atoms with van der Waals surface area (Å²) in [6.45, 7) is 6.57. The zero-order valence-electron chi connectivity index (χ0n) is 11.0. The maximum absolute atomic E-state index is 12.5. The van der Waals surface area contributed by atoms with Crippen LogP contribution in [0.4, 0.5) is 0 Å². The number of amides is 1. The predicted molar refractivity (Wildman–Crippen MR) is 70.8 cm³/mol. The van der Waals surface area contributed by atoms with Crippen LogP contribution in [0.2, 0.25) is 0 Å². The van der Waals surface area contributed by atoms with Crippen molar-refractivity contribution >= 4 is 17.5 Å². The Hall–Kier alpha value is -1.16. The molecule has 1 aromatic heterocycles. The third kappa shape index (κ3) is 2.34. The molecule has 2 heterocycles. The van der Waals surface area contributed by atoms with Crippen molar-refractivity contribution in [3.63, 3.8) is 0 Å². The van der Waals surface area contributed by atoms with Gasteiger partial charge in [-0.1, -0.05) is 6.92 Å². The molecule has 98 valence electrons. The molecule has 1 aliphatic heterocycles. The van der Waals surface area contributed by atoms with Gasteiger partial charge in [0.25, 0.3) is 5.91 Å². The van der Waals surface area contributed by atoms with Gasteiger partial charge in [-0.3, -0.25) is 4.79 Å². The van der Waals surface area contributed by atoms with E-state index < -0.39 is 0 Å². The van der Waals surface area contributed by atoms with Gasteiger partial charge in [-0.2, -0.15) is 10.2 Å². The molecule has 0 aliphatic carbocycles. The highest BCUT2D eigenvalue weighted by molar-refractivity contribution is 6.18. The summed E-state index contributed by atoms with van der Waals surface area (Å²) >= 11 is 5.98. The van der Waals surface area contributed by atoms with Crippen LogP contribution in [0.5, 0.6) is 0 Å². The largest absolute Gasteiger partial charge is 0.334 e. The number of aromatic nitrogens is 2. The standard InChI is InChI=1S/C13H18ClN3O/c1-8-4-5-17(12(8)7-14)13(18)11-6-9(2)15-16-10(11)3/h6,8,12H,4-5,7H2,1-3H3. The minimum absolute atomic E-state index is 0.0282. The van der Waals surface area contributed by atoms with Crippen molar-refractivity contribution in [1.82, 2.24) is 15.1 Å². The molecule has 0 saturated carbocycles. The Kier molecular flexibility index (Phi) is 3.85. The van der Waals surface area contributed by atoms with Crippen LogP contribution in [0.1, 0.15) is 35.1 Å². The van der Waals surface area contributed by atoms with Crippen LogP contribution in [0.25, 0.3) is 0 Å². The van der Waals surface area contributed by atoms with E-state index in [1.807, 2.05) is 18.7 Å². The molecule has 1 amide bonds. The molecule has 1 aromatic rings. The first-order chi connectivity index (χ1) is 8.54. The van der Waals surface area contributed by atoms with Crippen molar-refractivity contribution < 1.29 is 4.79 Å². The fourth-order valence-electron chi connectivity index (χ4n) is 2.42. The number of halogens is 1. The van der Waals surface area contributed by atoms with Crippen molar-refractivity contribution in [3.05, 3.63) is 23.0 Å². The Morgan fingerprint density at radius 1 is 1.50 bits per heavy atom. The number of carbonyl (C=O) groups excluding carboxylic acids is 1. The van der Waals surface area contributed by atoms with Gasteiger partial charge in [-0.25, -0.2) is 0 Å². The van der Waals surface area contributed by atoms with Gasteiger partial charge in [0.05, 0.1) is 17.0 Å². The second-order valence-electron chi connectivity index (χ2n) is 4.97. The predicted octanol–water partition coefficient (Wildman–Crippen LogP) is 2.18. The van der Waals surface area contributed by atoms with Gasteiger partial charge in [-0.15, -0.1) is 11.6 Å². The zero-order chi connectivity index (χ0) is 13.3. The molecule has 0 N–H and O–H groups in total. The summed E-state index contributed by atoms with van der Waals surface area (Å²) in [4.78, 5) is 14.4. The number of alkyl halides is 1. The molecule has 1 aliphatic rings. The lowest BCUT2D eigenvalue weighted by molar-refractivity contribution is 0.0735. The van der Waals surface area contributed by atoms with Crippen molar-refractivity contribution in [2.45, 2.75) is 33.2 Å². The average molecular weight is 268 g/mol. The summed E-state index contributed by atoms with van der Waals surface area (Å²) in [5.74, 6) is 0.979. The van der Waals surface area contributed by atoms with Crippen LogP contribution < -0.4 is 0 Å². The van der Waals surface area contributed by atoms with Crippen molar-refractivity contribution in [2.75, 3.05) is 12.4 Å². The second kappa shape index (κ2) is 5.22. The molecule has 1 fully saturated rings. The van der Waals surface area contributed by atoms with Crippen LogP contribution in [0, 0.1) is 19.8 Å². The van der Waals surface area contributed by atoms with E-state index in [0.29, 0.717) is 23.1 Å². The first-order valence-corrected chi connectivity index (χ1v) is 6.76. The third-order valence-corrected chi connectivity index (χ3v) is 3.95. The van der Waals surface area contributed by atoms with Crippen molar-refractivity contribution in [1.29, 1.82) is 0 Å². The summed E-state index contributed by atoms with van der Waals surface area (Å²) in [5.41, 5.74) is 2.09. The average Bonchev–Trinajstić information content (AvgIpc) is 2.72. The molecule has 0 aromatic carbocycles. The lowest BCUT2D eigenvalue weighted by Gasteiger charge is -2.25. The Bertz CT molecular complexity index is 464. The van der Waals surface area contributed by atoms with E-state index in [-0.39, 0.29) is 11.9 Å². The number of hydrogen-bond acceptors (Lipinski definition) is 3. The summed E-state index contributed by atoms with van der Waals surface area (Å²) in [6.07, 6.45) is 1.01. The summed E-state index contributed by atoms with van der Waals surface area (Å²) < 4.78 is 0. The number of carbonyl (C=O) groups is 1. The summed E-state index contributed by atoms with van der Waals surface area (Å²) in [6, 6.07) is 1.94. The summed E-state index contributed by atoms with van der Waals surface area (Å²) in [7, 11) is 0. The molecular weight excluding hydrogens is 250 g/mol. The topological polar surface area (TPSA) is 46.1 Å². The second-order valence-corrected chi connectivity index (χ2v) is 5.28. The van der Waals surface area contributed by atoms with E-state index in [1.165, 1.54) is 0 Å². The highest BCUT2D eigenvalue weighted by Crippen LogP contribution is 2.27.